The van der Waals surface area contributed by atoms with Crippen molar-refractivity contribution >= 4 is 35.0 Å². The third-order valence-corrected chi connectivity index (χ3v) is 9.27. The Morgan fingerprint density at radius 2 is 1.71 bits per heavy atom. The van der Waals surface area contributed by atoms with Crippen molar-refractivity contribution in [1.29, 1.82) is 0 Å². The minimum Gasteiger partial charge on any atom is -0.411 e. The Balaban J connectivity index is 0.859. The molecule has 1 unspecified atom stereocenters. The van der Waals surface area contributed by atoms with Crippen molar-refractivity contribution < 1.29 is 33.9 Å². The highest BCUT2D eigenvalue weighted by Gasteiger charge is 2.45. The Labute approximate surface area is 293 Å². The number of anilines is 1. The molecule has 51 heavy (non-hydrogen) atoms. The highest BCUT2D eigenvalue weighted by molar-refractivity contribution is 6.25. The number of ether oxygens (including phenoxy) is 2. The van der Waals surface area contributed by atoms with Crippen LogP contribution in [0.3, 0.4) is 0 Å². The number of aryl methyl sites for hydroxylation is 2. The van der Waals surface area contributed by atoms with E-state index in [0.29, 0.717) is 45.2 Å². The summed E-state index contributed by atoms with van der Waals surface area (Å²) in [6, 6.07) is 14.0. The molecule has 4 amide bonds. The lowest BCUT2D eigenvalue weighted by Crippen LogP contribution is -2.54. The van der Waals surface area contributed by atoms with Gasteiger partial charge in [0.2, 0.25) is 11.8 Å². The van der Waals surface area contributed by atoms with Crippen molar-refractivity contribution in [3.05, 3.63) is 89.4 Å². The molecule has 4 heterocycles. The minimum absolute atomic E-state index is 0.0657. The molecule has 2 aliphatic heterocycles. The molecule has 14 nitrogen and oxygen atoms in total. The fourth-order valence-electron chi connectivity index (χ4n) is 6.78. The van der Waals surface area contributed by atoms with Crippen molar-refractivity contribution in [3.8, 4) is 22.4 Å². The molecule has 3 aliphatic rings. The number of rotatable bonds is 14. The Hall–Kier alpha value is -5.73. The van der Waals surface area contributed by atoms with Crippen molar-refractivity contribution in [1.82, 2.24) is 25.0 Å². The standard InChI is InChI=1S/C37H37N7O7/c45-32-10-9-31(35(46)40-32)44-36(47)27-3-1-4-30(33(27)37(44)48)39-15-18-51-20-19-50-17-2-16-43-22-28(34(41-43)23-11-13-38-14-12-23)25-5-7-26-24(21-25)6-8-29(26)42-49/h1,3-5,7,11-14,21-22,31,39,49H,2,6,8-10,15-20H2,(H,40,45,46)/b42-29+. The van der Waals surface area contributed by atoms with Crippen molar-refractivity contribution in [3.63, 3.8) is 0 Å². The van der Waals surface area contributed by atoms with Gasteiger partial charge < -0.3 is 20.0 Å². The molecule has 4 aromatic rings. The number of amides is 4. The van der Waals surface area contributed by atoms with Crippen LogP contribution in [0.1, 0.15) is 57.5 Å². The topological polar surface area (TPSA) is 177 Å². The first-order valence-corrected chi connectivity index (χ1v) is 17.0. The average molecular weight is 692 g/mol. The van der Waals surface area contributed by atoms with Gasteiger partial charge in [0.1, 0.15) is 11.7 Å². The Bertz CT molecular complexity index is 2010. The number of benzene rings is 2. The SMILES string of the molecule is O=C1CCC(N2C(=O)c3cccc(NCCOCCOCCCn4cc(-c5ccc6c(c5)CC/C6=N\O)c(-c5ccncc5)n4)c3C2=O)C(=O)N1. The predicted octanol–water partition coefficient (Wildman–Crippen LogP) is 3.67. The van der Waals surface area contributed by atoms with Crippen molar-refractivity contribution in [2.75, 3.05) is 38.3 Å². The summed E-state index contributed by atoms with van der Waals surface area (Å²) in [5, 5.41) is 23.1. The van der Waals surface area contributed by atoms with Crippen molar-refractivity contribution in [2.24, 2.45) is 5.16 Å². The lowest BCUT2D eigenvalue weighted by Gasteiger charge is -2.27. The lowest BCUT2D eigenvalue weighted by molar-refractivity contribution is -0.136. The number of carbonyl (C=O) groups excluding carboxylic acids is 4. The molecule has 3 N–H and O–H groups in total. The van der Waals surface area contributed by atoms with Gasteiger partial charge in [-0.2, -0.15) is 5.10 Å². The first kappa shape index (κ1) is 33.8. The average Bonchev–Trinajstić information content (AvgIpc) is 3.83. The summed E-state index contributed by atoms with van der Waals surface area (Å²) >= 11 is 0. The minimum atomic E-state index is -1.01. The number of nitrogens with one attached hydrogen (secondary N) is 2. The number of hydrogen-bond acceptors (Lipinski definition) is 11. The zero-order valence-electron chi connectivity index (χ0n) is 27.8. The van der Waals surface area contributed by atoms with E-state index >= 15 is 0 Å². The van der Waals surface area contributed by atoms with Gasteiger partial charge in [0.15, 0.2) is 0 Å². The molecular weight excluding hydrogens is 654 g/mol. The fraction of sp³-hybridized carbons (Fsp3) is 0.324. The molecule has 0 spiro atoms. The molecule has 0 saturated carbocycles. The van der Waals surface area contributed by atoms with Gasteiger partial charge in [0.25, 0.3) is 11.8 Å². The molecule has 7 rings (SSSR count). The molecular formula is C37H37N7O7. The quantitative estimate of drug-likeness (QED) is 0.0765. The molecule has 262 valence electrons. The number of hydrogen-bond donors (Lipinski definition) is 3. The second-order valence-corrected chi connectivity index (χ2v) is 12.5. The smallest absolute Gasteiger partial charge is 0.264 e. The maximum absolute atomic E-state index is 13.2. The van der Waals surface area contributed by atoms with Crippen LogP contribution in [-0.4, -0.2) is 93.2 Å². The number of piperidine rings is 1. The van der Waals surface area contributed by atoms with Crippen LogP contribution in [0.4, 0.5) is 5.69 Å². The van der Waals surface area contributed by atoms with Crippen molar-refractivity contribution in [2.45, 2.75) is 44.7 Å². The summed E-state index contributed by atoms with van der Waals surface area (Å²) in [4.78, 5) is 55.3. The van der Waals surface area contributed by atoms with Gasteiger partial charge in [0, 0.05) is 67.1 Å². The molecule has 14 heteroatoms. The molecule has 1 fully saturated rings. The van der Waals surface area contributed by atoms with E-state index < -0.39 is 29.7 Å². The van der Waals surface area contributed by atoms with E-state index in [-0.39, 0.29) is 24.0 Å². The number of pyridine rings is 1. The second-order valence-electron chi connectivity index (χ2n) is 12.5. The summed E-state index contributed by atoms with van der Waals surface area (Å²) in [7, 11) is 0. The van der Waals surface area contributed by atoms with Gasteiger partial charge in [-0.3, -0.25) is 39.1 Å². The molecule has 0 bridgehead atoms. The molecule has 2 aromatic carbocycles. The van der Waals surface area contributed by atoms with E-state index in [4.69, 9.17) is 14.6 Å². The number of carbonyl (C=O) groups is 4. The normalized spacial score (nSPS) is 17.6. The molecule has 1 aliphatic carbocycles. The van der Waals surface area contributed by atoms with Crippen LogP contribution in [0.25, 0.3) is 22.4 Å². The highest BCUT2D eigenvalue weighted by Crippen LogP contribution is 2.35. The highest BCUT2D eigenvalue weighted by atomic mass is 16.5. The van der Waals surface area contributed by atoms with Crippen LogP contribution in [0.2, 0.25) is 0 Å². The zero-order valence-corrected chi connectivity index (χ0v) is 27.8. The number of nitrogens with zero attached hydrogens (tertiary/aromatic N) is 5. The number of oxime groups is 1. The first-order chi connectivity index (χ1) is 24.9. The Morgan fingerprint density at radius 1 is 0.882 bits per heavy atom. The maximum Gasteiger partial charge on any atom is 0.264 e. The van der Waals surface area contributed by atoms with E-state index in [9.17, 15) is 24.4 Å². The van der Waals surface area contributed by atoms with Gasteiger partial charge in [-0.05, 0) is 61.1 Å². The molecule has 2 aromatic heterocycles. The van der Waals surface area contributed by atoms with Gasteiger partial charge in [0.05, 0.1) is 36.7 Å². The largest absolute Gasteiger partial charge is 0.411 e. The fourth-order valence-corrected chi connectivity index (χ4v) is 6.78. The first-order valence-electron chi connectivity index (χ1n) is 17.0. The van der Waals surface area contributed by atoms with Crippen LogP contribution in [-0.2, 0) is 32.0 Å². The third-order valence-electron chi connectivity index (χ3n) is 9.27. The second kappa shape index (κ2) is 15.0. The predicted molar refractivity (Wildman–Crippen MR) is 185 cm³/mol. The number of fused-ring (bicyclic) bond motifs is 2. The molecule has 0 radical (unpaired) electrons. The summed E-state index contributed by atoms with van der Waals surface area (Å²) in [5.74, 6) is -2.16. The van der Waals surface area contributed by atoms with Gasteiger partial charge in [-0.1, -0.05) is 29.4 Å². The summed E-state index contributed by atoms with van der Waals surface area (Å²) in [6.45, 7) is 2.72. The Morgan fingerprint density at radius 3 is 2.51 bits per heavy atom. The summed E-state index contributed by atoms with van der Waals surface area (Å²) in [5.41, 5.74) is 7.71. The maximum atomic E-state index is 13.2. The lowest BCUT2D eigenvalue weighted by atomic mass is 9.98. The van der Waals surface area contributed by atoms with Crippen LogP contribution >= 0.6 is 0 Å². The number of imide groups is 2. The van der Waals surface area contributed by atoms with Gasteiger partial charge in [-0.25, -0.2) is 0 Å². The summed E-state index contributed by atoms with van der Waals surface area (Å²) < 4.78 is 13.5. The van der Waals surface area contributed by atoms with Gasteiger partial charge in [-0.15, -0.1) is 0 Å². The van der Waals surface area contributed by atoms with E-state index in [2.05, 4.69) is 33.0 Å². The van der Waals surface area contributed by atoms with Crippen LogP contribution in [0.5, 0.6) is 0 Å². The van der Waals surface area contributed by atoms with Crippen LogP contribution in [0.15, 0.2) is 72.3 Å². The zero-order chi connectivity index (χ0) is 35.3. The summed E-state index contributed by atoms with van der Waals surface area (Å²) in [6.07, 6.45) is 8.05. The van der Waals surface area contributed by atoms with Crippen LogP contribution < -0.4 is 10.6 Å². The van der Waals surface area contributed by atoms with E-state index in [0.717, 1.165) is 63.4 Å². The van der Waals surface area contributed by atoms with E-state index in [1.165, 1.54) is 0 Å². The monoisotopic (exact) mass is 691 g/mol. The number of aromatic nitrogens is 3. The molecule has 1 atom stereocenters. The third kappa shape index (κ3) is 7.00. The Kier molecular flexibility index (Phi) is 9.94. The van der Waals surface area contributed by atoms with Crippen LogP contribution in [0, 0.1) is 0 Å². The van der Waals surface area contributed by atoms with E-state index in [1.807, 2.05) is 28.9 Å². The van der Waals surface area contributed by atoms with Gasteiger partial charge >= 0.3 is 0 Å². The van der Waals surface area contributed by atoms with E-state index in [1.54, 1.807) is 30.6 Å². The molecule has 1 saturated heterocycles.